The number of hydrogen-bond acceptors (Lipinski definition) is 5. The fourth-order valence-electron chi connectivity index (χ4n) is 2.66. The van der Waals surface area contributed by atoms with E-state index in [-0.39, 0.29) is 23.2 Å². The van der Waals surface area contributed by atoms with E-state index in [9.17, 15) is 9.90 Å². The molecule has 3 rings (SSSR count). The Hall–Kier alpha value is -3.80. The van der Waals surface area contributed by atoms with E-state index in [0.29, 0.717) is 11.1 Å². The summed E-state index contributed by atoms with van der Waals surface area (Å²) in [4.78, 5) is 12.3. The van der Waals surface area contributed by atoms with Gasteiger partial charge in [0.2, 0.25) is 5.75 Å². The van der Waals surface area contributed by atoms with E-state index in [1.165, 1.54) is 20.4 Å². The van der Waals surface area contributed by atoms with Crippen LogP contribution in [-0.4, -0.2) is 31.4 Å². The van der Waals surface area contributed by atoms with Gasteiger partial charge in [-0.3, -0.25) is 4.79 Å². The smallest absolute Gasteiger partial charge is 0.271 e. The first kappa shape index (κ1) is 19.0. The molecule has 0 bridgehead atoms. The van der Waals surface area contributed by atoms with Crippen molar-refractivity contribution in [2.45, 2.75) is 0 Å². The van der Waals surface area contributed by atoms with Gasteiger partial charge in [-0.05, 0) is 35.4 Å². The van der Waals surface area contributed by atoms with E-state index in [0.717, 1.165) is 11.1 Å². The number of nitrogens with one attached hydrogen (secondary N) is 1. The third-order valence-electron chi connectivity index (χ3n) is 4.14. The number of phenolic OH excluding ortho intramolecular Hbond substituents is 1. The van der Waals surface area contributed by atoms with Crippen LogP contribution in [0.3, 0.4) is 0 Å². The van der Waals surface area contributed by atoms with Gasteiger partial charge in [0, 0.05) is 11.1 Å². The number of hydrogen-bond donors (Lipinski definition) is 2. The van der Waals surface area contributed by atoms with Crippen LogP contribution in [0.5, 0.6) is 17.2 Å². The van der Waals surface area contributed by atoms with Crippen LogP contribution in [0.1, 0.15) is 15.9 Å². The van der Waals surface area contributed by atoms with Gasteiger partial charge in [0.15, 0.2) is 11.5 Å². The normalized spacial score (nSPS) is 10.6. The average Bonchev–Trinajstić information content (AvgIpc) is 2.75. The third-order valence-corrected chi connectivity index (χ3v) is 4.14. The molecule has 6 heteroatoms. The topological polar surface area (TPSA) is 80.2 Å². The molecule has 3 aromatic carbocycles. The second-order valence-corrected chi connectivity index (χ2v) is 5.92. The molecular weight excluding hydrogens is 356 g/mol. The van der Waals surface area contributed by atoms with Crippen molar-refractivity contribution < 1.29 is 19.4 Å². The summed E-state index contributed by atoms with van der Waals surface area (Å²) in [6, 6.07) is 20.4. The number of nitrogens with zero attached hydrogens (tertiary/aromatic N) is 1. The Morgan fingerprint density at radius 3 is 2.07 bits per heavy atom. The highest BCUT2D eigenvalue weighted by atomic mass is 16.5. The number of ether oxygens (including phenoxy) is 2. The Morgan fingerprint density at radius 2 is 1.50 bits per heavy atom. The fourth-order valence-corrected chi connectivity index (χ4v) is 2.66. The predicted molar refractivity (Wildman–Crippen MR) is 108 cm³/mol. The van der Waals surface area contributed by atoms with Crippen molar-refractivity contribution in [3.05, 3.63) is 77.9 Å². The van der Waals surface area contributed by atoms with Crippen LogP contribution in [0.4, 0.5) is 0 Å². The van der Waals surface area contributed by atoms with E-state index in [1.807, 2.05) is 42.5 Å². The average molecular weight is 376 g/mol. The number of hydrazone groups is 1. The summed E-state index contributed by atoms with van der Waals surface area (Å²) < 4.78 is 10.2. The zero-order chi connectivity index (χ0) is 19.9. The molecule has 0 saturated carbocycles. The molecule has 0 aliphatic carbocycles. The SMILES string of the molecule is COc1cc(/C=N/NC(=O)c2ccc(-c3ccccc3)cc2)cc(OC)c1O. The number of rotatable bonds is 6. The van der Waals surface area contributed by atoms with Crippen molar-refractivity contribution >= 4 is 12.1 Å². The van der Waals surface area contributed by atoms with Crippen molar-refractivity contribution in [3.8, 4) is 28.4 Å². The predicted octanol–water partition coefficient (Wildman–Crippen LogP) is 3.84. The Kier molecular flexibility index (Phi) is 5.91. The summed E-state index contributed by atoms with van der Waals surface area (Å²) in [7, 11) is 2.88. The van der Waals surface area contributed by atoms with Gasteiger partial charge >= 0.3 is 0 Å². The van der Waals surface area contributed by atoms with Crippen LogP contribution in [0.25, 0.3) is 11.1 Å². The maximum absolute atomic E-state index is 12.3. The van der Waals surface area contributed by atoms with E-state index in [4.69, 9.17) is 9.47 Å². The first-order valence-electron chi connectivity index (χ1n) is 8.56. The molecule has 0 spiro atoms. The largest absolute Gasteiger partial charge is 0.502 e. The molecule has 6 nitrogen and oxygen atoms in total. The van der Waals surface area contributed by atoms with Crippen molar-refractivity contribution in [1.82, 2.24) is 5.43 Å². The molecule has 0 atom stereocenters. The third kappa shape index (κ3) is 4.29. The molecule has 0 unspecified atom stereocenters. The molecule has 0 aliphatic rings. The molecule has 0 heterocycles. The van der Waals surface area contributed by atoms with E-state index in [1.54, 1.807) is 24.3 Å². The van der Waals surface area contributed by atoms with Crippen molar-refractivity contribution in [1.29, 1.82) is 0 Å². The van der Waals surface area contributed by atoms with Gasteiger partial charge in [-0.2, -0.15) is 5.10 Å². The van der Waals surface area contributed by atoms with Gasteiger partial charge in [-0.1, -0.05) is 42.5 Å². The highest BCUT2D eigenvalue weighted by Gasteiger charge is 2.10. The first-order chi connectivity index (χ1) is 13.6. The lowest BCUT2D eigenvalue weighted by molar-refractivity contribution is 0.0955. The summed E-state index contributed by atoms with van der Waals surface area (Å²) in [5.41, 5.74) is 5.70. The van der Waals surface area contributed by atoms with Crippen molar-refractivity contribution in [2.75, 3.05) is 14.2 Å². The van der Waals surface area contributed by atoms with Gasteiger partial charge in [0.05, 0.1) is 20.4 Å². The molecule has 142 valence electrons. The molecule has 3 aromatic rings. The summed E-state index contributed by atoms with van der Waals surface area (Å²) in [6.45, 7) is 0. The van der Waals surface area contributed by atoms with Crippen LogP contribution in [-0.2, 0) is 0 Å². The number of carbonyl (C=O) groups excluding carboxylic acids is 1. The van der Waals surface area contributed by atoms with E-state index >= 15 is 0 Å². The lowest BCUT2D eigenvalue weighted by Crippen LogP contribution is -2.17. The van der Waals surface area contributed by atoms with Gasteiger partial charge in [0.1, 0.15) is 0 Å². The number of methoxy groups -OCH3 is 2. The fraction of sp³-hybridized carbons (Fsp3) is 0.0909. The van der Waals surface area contributed by atoms with Gasteiger partial charge in [0.25, 0.3) is 5.91 Å². The van der Waals surface area contributed by atoms with Crippen LogP contribution in [0.2, 0.25) is 0 Å². The zero-order valence-electron chi connectivity index (χ0n) is 15.5. The number of aromatic hydroxyl groups is 1. The van der Waals surface area contributed by atoms with Crippen molar-refractivity contribution in [2.24, 2.45) is 5.10 Å². The van der Waals surface area contributed by atoms with Crippen LogP contribution in [0.15, 0.2) is 71.8 Å². The van der Waals surface area contributed by atoms with E-state index < -0.39 is 0 Å². The second kappa shape index (κ2) is 8.73. The highest BCUT2D eigenvalue weighted by Crippen LogP contribution is 2.36. The molecule has 1 amide bonds. The molecule has 0 saturated heterocycles. The molecule has 0 radical (unpaired) electrons. The Bertz CT molecular complexity index is 958. The first-order valence-corrected chi connectivity index (χ1v) is 8.56. The van der Waals surface area contributed by atoms with Crippen molar-refractivity contribution in [3.63, 3.8) is 0 Å². The number of phenols is 1. The molecule has 0 aromatic heterocycles. The number of amides is 1. The monoisotopic (exact) mass is 376 g/mol. The molecule has 2 N–H and O–H groups in total. The lowest BCUT2D eigenvalue weighted by atomic mass is 10.0. The van der Waals surface area contributed by atoms with Gasteiger partial charge in [-0.25, -0.2) is 5.43 Å². The Labute approximate surface area is 163 Å². The van der Waals surface area contributed by atoms with Gasteiger partial charge in [-0.15, -0.1) is 0 Å². The molecular formula is C22H20N2O4. The van der Waals surface area contributed by atoms with Gasteiger partial charge < -0.3 is 14.6 Å². The Morgan fingerprint density at radius 1 is 0.929 bits per heavy atom. The number of carbonyl (C=O) groups is 1. The minimum absolute atomic E-state index is 0.0929. The standard InChI is InChI=1S/C22H20N2O4/c1-27-19-12-15(13-20(28-2)21(19)25)14-23-24-22(26)18-10-8-17(9-11-18)16-6-4-3-5-7-16/h3-14,25H,1-2H3,(H,24,26)/b23-14+. The Balaban J connectivity index is 1.68. The second-order valence-electron chi connectivity index (χ2n) is 5.92. The summed E-state index contributed by atoms with van der Waals surface area (Å²) in [6.07, 6.45) is 1.45. The summed E-state index contributed by atoms with van der Waals surface area (Å²) in [5.74, 6) is 0.0884. The molecule has 0 aliphatic heterocycles. The number of benzene rings is 3. The highest BCUT2D eigenvalue weighted by molar-refractivity contribution is 5.95. The maximum atomic E-state index is 12.3. The quantitative estimate of drug-likeness (QED) is 0.506. The maximum Gasteiger partial charge on any atom is 0.271 e. The van der Waals surface area contributed by atoms with Crippen LogP contribution in [0, 0.1) is 0 Å². The molecule has 28 heavy (non-hydrogen) atoms. The van der Waals surface area contributed by atoms with Crippen LogP contribution >= 0.6 is 0 Å². The minimum atomic E-state index is -0.325. The van der Waals surface area contributed by atoms with E-state index in [2.05, 4.69) is 10.5 Å². The minimum Gasteiger partial charge on any atom is -0.502 e. The molecule has 0 fully saturated rings. The summed E-state index contributed by atoms with van der Waals surface area (Å²) >= 11 is 0. The lowest BCUT2D eigenvalue weighted by Gasteiger charge is -2.09. The summed E-state index contributed by atoms with van der Waals surface area (Å²) in [5, 5.41) is 13.9. The zero-order valence-corrected chi connectivity index (χ0v) is 15.5. The van der Waals surface area contributed by atoms with Crippen LogP contribution < -0.4 is 14.9 Å².